The Bertz CT molecular complexity index is 1330. The van der Waals surface area contributed by atoms with Crippen LogP contribution in [0.3, 0.4) is 0 Å². The third kappa shape index (κ3) is 6.52. The highest BCUT2D eigenvalue weighted by molar-refractivity contribution is 5.62. The van der Waals surface area contributed by atoms with Gasteiger partial charge in [-0.2, -0.15) is 4.57 Å². The van der Waals surface area contributed by atoms with Crippen molar-refractivity contribution >= 4 is 5.69 Å². The van der Waals surface area contributed by atoms with Crippen LogP contribution in [-0.4, -0.2) is 19.9 Å². The average Bonchev–Trinajstić information content (AvgIpc) is 2.91. The van der Waals surface area contributed by atoms with Gasteiger partial charge in [0, 0.05) is 73.1 Å². The van der Waals surface area contributed by atoms with E-state index in [0.29, 0.717) is 0 Å². The van der Waals surface area contributed by atoms with Gasteiger partial charge in [-0.25, -0.2) is 0 Å². The zero-order valence-electron chi connectivity index (χ0n) is 18.9. The van der Waals surface area contributed by atoms with Crippen molar-refractivity contribution in [2.24, 2.45) is 0 Å². The molecule has 0 aliphatic rings. The lowest BCUT2D eigenvalue weighted by Crippen LogP contribution is -3.00. The van der Waals surface area contributed by atoms with E-state index < -0.39 is 0 Å². The molecule has 0 saturated carbocycles. The van der Waals surface area contributed by atoms with Crippen LogP contribution >= 0.6 is 0 Å². The molecular formula is C27H22ClN5O2. The minimum atomic E-state index is -0.381. The summed E-state index contributed by atoms with van der Waals surface area (Å²) in [5, 5.41) is 10.8. The summed E-state index contributed by atoms with van der Waals surface area (Å²) in [4.78, 5) is 22.3. The lowest BCUT2D eigenvalue weighted by molar-refractivity contribution is -0.596. The summed E-state index contributed by atoms with van der Waals surface area (Å²) >= 11 is 0. The van der Waals surface area contributed by atoms with E-state index in [0.717, 1.165) is 22.4 Å². The van der Waals surface area contributed by atoms with Gasteiger partial charge in [-0.3, -0.25) is 25.1 Å². The van der Waals surface area contributed by atoms with Crippen LogP contribution in [0.5, 0.6) is 0 Å². The molecule has 0 saturated heterocycles. The Balaban J connectivity index is 0.000000223. The van der Waals surface area contributed by atoms with Gasteiger partial charge in [-0.05, 0) is 65.6 Å². The maximum absolute atomic E-state index is 10.8. The highest BCUT2D eigenvalue weighted by Gasteiger charge is 2.14. The van der Waals surface area contributed by atoms with Crippen molar-refractivity contribution in [1.29, 1.82) is 0 Å². The fourth-order valence-corrected chi connectivity index (χ4v) is 3.46. The molecule has 5 rings (SSSR count). The van der Waals surface area contributed by atoms with Crippen LogP contribution in [0.25, 0.3) is 27.9 Å². The first kappa shape index (κ1) is 25.1. The first-order valence-electron chi connectivity index (χ1n) is 10.6. The molecule has 0 spiro atoms. The van der Waals surface area contributed by atoms with Crippen molar-refractivity contribution in [3.63, 3.8) is 0 Å². The molecule has 5 aromatic rings. The minimum absolute atomic E-state index is 0. The van der Waals surface area contributed by atoms with E-state index in [1.54, 1.807) is 49.3 Å². The normalized spacial score (nSPS) is 9.86. The van der Waals surface area contributed by atoms with E-state index in [1.165, 1.54) is 17.2 Å². The third-order valence-corrected chi connectivity index (χ3v) is 5.21. The Morgan fingerprint density at radius 1 is 0.657 bits per heavy atom. The molecule has 35 heavy (non-hydrogen) atoms. The van der Waals surface area contributed by atoms with Crippen LogP contribution in [0.1, 0.15) is 5.56 Å². The molecular weight excluding hydrogens is 462 g/mol. The summed E-state index contributed by atoms with van der Waals surface area (Å²) in [6.45, 7) is 1.87. The molecule has 7 nitrogen and oxygen atoms in total. The number of halogens is 1. The van der Waals surface area contributed by atoms with Crippen molar-refractivity contribution in [2.75, 3.05) is 0 Å². The first-order valence-corrected chi connectivity index (χ1v) is 10.6. The summed E-state index contributed by atoms with van der Waals surface area (Å²) in [5.41, 5.74) is 6.43. The van der Waals surface area contributed by atoms with Crippen LogP contribution in [0, 0.1) is 17.0 Å². The fraction of sp³-hybridized carbons (Fsp3) is 0.0370. The molecule has 4 heterocycles. The molecule has 1 aromatic carbocycles. The van der Waals surface area contributed by atoms with E-state index in [9.17, 15) is 10.1 Å². The van der Waals surface area contributed by atoms with Gasteiger partial charge in [-0.15, -0.1) is 0 Å². The zero-order valence-corrected chi connectivity index (χ0v) is 19.7. The van der Waals surface area contributed by atoms with Gasteiger partial charge >= 0.3 is 0 Å². The van der Waals surface area contributed by atoms with Crippen molar-refractivity contribution in [2.45, 2.75) is 6.92 Å². The van der Waals surface area contributed by atoms with Gasteiger partial charge in [-0.1, -0.05) is 0 Å². The molecule has 4 aromatic heterocycles. The minimum Gasteiger partial charge on any atom is -1.00 e. The van der Waals surface area contributed by atoms with Gasteiger partial charge in [0.15, 0.2) is 12.4 Å². The maximum Gasteiger partial charge on any atom is 0.270 e. The van der Waals surface area contributed by atoms with Crippen molar-refractivity contribution in [3.05, 3.63) is 132 Å². The number of aryl methyl sites for hydroxylation is 1. The fourth-order valence-electron chi connectivity index (χ4n) is 3.46. The lowest BCUT2D eigenvalue weighted by Gasteiger charge is -2.02. The highest BCUT2D eigenvalue weighted by Crippen LogP contribution is 2.19. The number of non-ortho nitro benzene ring substituents is 1. The Hall–Kier alpha value is -4.49. The lowest BCUT2D eigenvalue weighted by atomic mass is 10.1. The standard InChI is InChI=1S/C17H14N3O2.C10H8N2.ClH/c1-13-12-16(20(21)22)2-3-17(13)19-10-6-15(7-11-19)14-4-8-18-9-5-14;1-5-11-6-2-9(1)10-3-7-12-8-4-10;/h2-12H,1H3;1-8H;1H/q+1;;/p-1. The monoisotopic (exact) mass is 483 g/mol. The van der Waals surface area contributed by atoms with Gasteiger partial charge in [0.1, 0.15) is 0 Å². The van der Waals surface area contributed by atoms with E-state index >= 15 is 0 Å². The number of nitrogens with zero attached hydrogens (tertiary/aromatic N) is 5. The predicted molar refractivity (Wildman–Crippen MR) is 130 cm³/mol. The van der Waals surface area contributed by atoms with Crippen molar-refractivity contribution in [1.82, 2.24) is 15.0 Å². The smallest absolute Gasteiger partial charge is 0.270 e. The van der Waals surface area contributed by atoms with Gasteiger partial charge in [0.05, 0.1) is 4.92 Å². The molecule has 174 valence electrons. The van der Waals surface area contributed by atoms with Crippen molar-refractivity contribution in [3.8, 4) is 27.9 Å². The Morgan fingerprint density at radius 2 is 1.06 bits per heavy atom. The second kappa shape index (κ2) is 12.1. The van der Waals surface area contributed by atoms with Gasteiger partial charge in [0.25, 0.3) is 5.69 Å². The van der Waals surface area contributed by atoms with Crippen LogP contribution in [0.4, 0.5) is 5.69 Å². The topological polar surface area (TPSA) is 85.7 Å². The van der Waals surface area contributed by atoms with Crippen LogP contribution < -0.4 is 17.0 Å². The molecule has 0 unspecified atom stereocenters. The number of hydrogen-bond acceptors (Lipinski definition) is 5. The second-order valence-corrected chi connectivity index (χ2v) is 7.43. The first-order chi connectivity index (χ1) is 16.6. The largest absolute Gasteiger partial charge is 1.00 e. The Labute approximate surface area is 209 Å². The Morgan fingerprint density at radius 3 is 1.43 bits per heavy atom. The molecule has 0 amide bonds. The number of aromatic nitrogens is 4. The maximum atomic E-state index is 10.8. The third-order valence-electron chi connectivity index (χ3n) is 5.21. The van der Waals surface area contributed by atoms with Crippen LogP contribution in [0.15, 0.2) is 116 Å². The average molecular weight is 484 g/mol. The number of hydrogen-bond donors (Lipinski definition) is 0. The van der Waals surface area contributed by atoms with E-state index in [4.69, 9.17) is 0 Å². The number of nitro benzene ring substituents is 1. The molecule has 0 atom stereocenters. The van der Waals surface area contributed by atoms with Crippen LogP contribution in [0.2, 0.25) is 0 Å². The molecule has 0 aliphatic heterocycles. The predicted octanol–water partition coefficient (Wildman–Crippen LogP) is 2.39. The molecule has 0 fully saturated rings. The Kier molecular flexibility index (Phi) is 8.70. The van der Waals surface area contributed by atoms with Gasteiger partial charge < -0.3 is 12.4 Å². The van der Waals surface area contributed by atoms with Gasteiger partial charge in [0.2, 0.25) is 5.69 Å². The zero-order chi connectivity index (χ0) is 23.8. The molecule has 0 bridgehead atoms. The summed E-state index contributed by atoms with van der Waals surface area (Å²) in [5.74, 6) is 0. The van der Waals surface area contributed by atoms with E-state index in [1.807, 2.05) is 72.4 Å². The van der Waals surface area contributed by atoms with Crippen LogP contribution in [-0.2, 0) is 0 Å². The SMILES string of the molecule is Cc1cc([N+](=O)[O-])ccc1-[n+]1ccc(-c2ccncc2)cc1.[Cl-].c1cc(-c2ccncc2)ccn1. The summed E-state index contributed by atoms with van der Waals surface area (Å²) < 4.78 is 1.95. The molecule has 0 radical (unpaired) electrons. The summed E-state index contributed by atoms with van der Waals surface area (Å²) in [6, 6.07) is 20.7. The molecule has 0 aliphatic carbocycles. The number of nitro groups is 1. The van der Waals surface area contributed by atoms with Crippen molar-refractivity contribution < 1.29 is 21.9 Å². The summed E-state index contributed by atoms with van der Waals surface area (Å²) in [7, 11) is 0. The van der Waals surface area contributed by atoms with E-state index in [2.05, 4.69) is 15.0 Å². The summed E-state index contributed by atoms with van der Waals surface area (Å²) in [6.07, 6.45) is 14.6. The molecule has 8 heteroatoms. The number of benzene rings is 1. The number of pyridine rings is 4. The van der Waals surface area contributed by atoms with E-state index in [-0.39, 0.29) is 23.0 Å². The number of rotatable bonds is 4. The molecule has 0 N–H and O–H groups in total. The second-order valence-electron chi connectivity index (χ2n) is 7.43. The quantitative estimate of drug-likeness (QED) is 0.222. The highest BCUT2D eigenvalue weighted by atomic mass is 35.5.